The van der Waals surface area contributed by atoms with E-state index in [1.54, 1.807) is 19.2 Å². The molecule has 1 unspecified atom stereocenters. The summed E-state index contributed by atoms with van der Waals surface area (Å²) in [6, 6.07) is 17.0. The Hall–Kier alpha value is -3.38. The second-order valence-corrected chi connectivity index (χ2v) is 10.8. The molecule has 0 aliphatic carbocycles. The van der Waals surface area contributed by atoms with Crippen molar-refractivity contribution in [1.29, 1.82) is 0 Å². The monoisotopic (exact) mass is 478 g/mol. The van der Waals surface area contributed by atoms with Crippen LogP contribution in [0.15, 0.2) is 71.1 Å². The van der Waals surface area contributed by atoms with Crippen molar-refractivity contribution in [2.45, 2.75) is 30.0 Å². The number of H-pyrrole nitrogens is 1. The van der Waals surface area contributed by atoms with Crippen molar-refractivity contribution in [1.82, 2.24) is 9.71 Å². The standard InChI is InChI=1S/C25H22N2O4S2/c1-16-7-9-18(10-8-16)11-12-19-13-14-23(32-19)33(30,31)27-24(25(28)29)17(2)21-15-26-22-6-4-3-5-20(21)22/h3-10,13-15,17,24,26-27H,1-2H3,(H,28,29)/t17?,24-/m1/s1. The molecule has 0 amide bonds. The predicted octanol–water partition coefficient (Wildman–Crippen LogP) is 4.47. The van der Waals surface area contributed by atoms with Gasteiger partial charge in [0.25, 0.3) is 10.0 Å². The summed E-state index contributed by atoms with van der Waals surface area (Å²) in [6.07, 6.45) is 1.73. The molecule has 0 saturated heterocycles. The van der Waals surface area contributed by atoms with E-state index in [0.29, 0.717) is 4.88 Å². The summed E-state index contributed by atoms with van der Waals surface area (Å²) in [5.74, 6) is 4.14. The molecule has 2 aromatic heterocycles. The molecule has 3 N–H and O–H groups in total. The highest BCUT2D eigenvalue weighted by molar-refractivity contribution is 7.91. The summed E-state index contributed by atoms with van der Waals surface area (Å²) >= 11 is 1.00. The van der Waals surface area contributed by atoms with Gasteiger partial charge in [0.15, 0.2) is 0 Å². The van der Waals surface area contributed by atoms with E-state index in [2.05, 4.69) is 21.5 Å². The summed E-state index contributed by atoms with van der Waals surface area (Å²) in [4.78, 5) is 15.7. The Kier molecular flexibility index (Phi) is 6.38. The van der Waals surface area contributed by atoms with Gasteiger partial charge >= 0.3 is 5.97 Å². The molecular formula is C25H22N2O4S2. The number of aromatic nitrogens is 1. The summed E-state index contributed by atoms with van der Waals surface area (Å²) in [5, 5.41) is 10.7. The molecule has 0 radical (unpaired) electrons. The van der Waals surface area contributed by atoms with Crippen LogP contribution >= 0.6 is 11.3 Å². The zero-order chi connectivity index (χ0) is 23.6. The fraction of sp³-hybridized carbons (Fsp3) is 0.160. The highest BCUT2D eigenvalue weighted by Gasteiger charge is 2.33. The summed E-state index contributed by atoms with van der Waals surface area (Å²) < 4.78 is 28.4. The fourth-order valence-electron chi connectivity index (χ4n) is 3.54. The SMILES string of the molecule is Cc1ccc(C#Cc2ccc(S(=O)(=O)N[C@@H](C(=O)O)C(C)c3c[nH]c4ccccc34)s2)cc1. The number of thiophene rings is 1. The lowest BCUT2D eigenvalue weighted by Gasteiger charge is -2.21. The number of aromatic amines is 1. The molecule has 33 heavy (non-hydrogen) atoms. The first-order valence-electron chi connectivity index (χ1n) is 10.2. The van der Waals surface area contributed by atoms with Crippen LogP contribution in [0.25, 0.3) is 10.9 Å². The number of carbonyl (C=O) groups is 1. The van der Waals surface area contributed by atoms with Crippen molar-refractivity contribution in [2.24, 2.45) is 0 Å². The van der Waals surface area contributed by atoms with Gasteiger partial charge in [-0.2, -0.15) is 4.72 Å². The van der Waals surface area contributed by atoms with Crippen LogP contribution in [0, 0.1) is 18.8 Å². The maximum absolute atomic E-state index is 13.0. The number of benzene rings is 2. The molecule has 0 bridgehead atoms. The van der Waals surface area contributed by atoms with Crippen molar-refractivity contribution in [3.8, 4) is 11.8 Å². The number of carboxylic acids is 1. The Morgan fingerprint density at radius 1 is 1.06 bits per heavy atom. The maximum Gasteiger partial charge on any atom is 0.322 e. The minimum atomic E-state index is -4.05. The lowest BCUT2D eigenvalue weighted by Crippen LogP contribution is -2.43. The predicted molar refractivity (Wildman–Crippen MR) is 130 cm³/mol. The normalized spacial score (nSPS) is 13.3. The molecule has 0 aliphatic rings. The van der Waals surface area contributed by atoms with Gasteiger partial charge in [-0.15, -0.1) is 11.3 Å². The molecule has 168 valence electrons. The third-order valence-corrected chi connectivity index (χ3v) is 8.32. The molecule has 6 nitrogen and oxygen atoms in total. The average Bonchev–Trinajstić information content (AvgIpc) is 3.44. The van der Waals surface area contributed by atoms with E-state index in [-0.39, 0.29) is 4.21 Å². The van der Waals surface area contributed by atoms with E-state index < -0.39 is 28.0 Å². The second-order valence-electron chi connectivity index (χ2n) is 7.75. The Labute approximate surface area is 196 Å². The van der Waals surface area contributed by atoms with Crippen molar-refractivity contribution in [3.05, 3.63) is 88.4 Å². The van der Waals surface area contributed by atoms with Crippen LogP contribution in [0.4, 0.5) is 0 Å². The highest BCUT2D eigenvalue weighted by Crippen LogP contribution is 2.29. The Balaban J connectivity index is 1.56. The van der Waals surface area contributed by atoms with E-state index in [4.69, 9.17) is 0 Å². The number of sulfonamides is 1. The number of carboxylic acid groups (broad SMARTS) is 1. The largest absolute Gasteiger partial charge is 0.480 e. The quantitative estimate of drug-likeness (QED) is 0.356. The summed E-state index contributed by atoms with van der Waals surface area (Å²) in [6.45, 7) is 3.69. The van der Waals surface area contributed by atoms with Gasteiger partial charge in [0.05, 0.1) is 4.88 Å². The highest BCUT2D eigenvalue weighted by atomic mass is 32.2. The van der Waals surface area contributed by atoms with Crippen molar-refractivity contribution < 1.29 is 18.3 Å². The molecule has 0 saturated carbocycles. The van der Waals surface area contributed by atoms with Gasteiger partial charge in [0, 0.05) is 28.6 Å². The first kappa shape index (κ1) is 22.8. The number of fused-ring (bicyclic) bond motifs is 1. The van der Waals surface area contributed by atoms with Crippen LogP contribution in [0.2, 0.25) is 0 Å². The molecule has 2 heterocycles. The molecular weight excluding hydrogens is 456 g/mol. The van der Waals surface area contributed by atoms with Gasteiger partial charge in [-0.05, 0) is 42.8 Å². The average molecular weight is 479 g/mol. The molecule has 0 aliphatic heterocycles. The number of para-hydroxylation sites is 1. The van der Waals surface area contributed by atoms with Gasteiger partial charge < -0.3 is 10.1 Å². The van der Waals surface area contributed by atoms with Crippen LogP contribution in [0.3, 0.4) is 0 Å². The molecule has 0 spiro atoms. The van der Waals surface area contributed by atoms with Crippen molar-refractivity contribution in [3.63, 3.8) is 0 Å². The molecule has 2 aromatic carbocycles. The molecule has 4 aromatic rings. The van der Waals surface area contributed by atoms with E-state index >= 15 is 0 Å². The lowest BCUT2D eigenvalue weighted by atomic mass is 9.93. The van der Waals surface area contributed by atoms with Gasteiger partial charge in [0.2, 0.25) is 0 Å². The number of aryl methyl sites for hydroxylation is 1. The summed E-state index contributed by atoms with van der Waals surface area (Å²) in [7, 11) is -4.05. The summed E-state index contributed by atoms with van der Waals surface area (Å²) in [5.41, 5.74) is 3.55. The number of hydrogen-bond acceptors (Lipinski definition) is 4. The smallest absolute Gasteiger partial charge is 0.322 e. The third kappa shape index (κ3) is 5.01. The molecule has 0 fully saturated rings. The number of rotatable bonds is 6. The van der Waals surface area contributed by atoms with Gasteiger partial charge in [-0.25, -0.2) is 8.42 Å². The van der Waals surface area contributed by atoms with Crippen molar-refractivity contribution in [2.75, 3.05) is 0 Å². The zero-order valence-corrected chi connectivity index (χ0v) is 19.6. The Bertz CT molecular complexity index is 1470. The van der Waals surface area contributed by atoms with Gasteiger partial charge in [-0.3, -0.25) is 4.79 Å². The first-order valence-corrected chi connectivity index (χ1v) is 12.5. The second kappa shape index (κ2) is 9.24. The van der Waals surface area contributed by atoms with Crippen molar-refractivity contribution >= 4 is 38.2 Å². The minimum Gasteiger partial charge on any atom is -0.480 e. The van der Waals surface area contributed by atoms with Crippen LogP contribution in [-0.2, 0) is 14.8 Å². The number of aliphatic carboxylic acids is 1. The molecule has 8 heteroatoms. The van der Waals surface area contributed by atoms with E-state index in [1.165, 1.54) is 6.07 Å². The molecule has 4 rings (SSSR count). The number of hydrogen-bond donors (Lipinski definition) is 3. The topological polar surface area (TPSA) is 99.3 Å². The maximum atomic E-state index is 13.0. The van der Waals surface area contributed by atoms with Gasteiger partial charge in [-0.1, -0.05) is 54.7 Å². The van der Waals surface area contributed by atoms with Crippen LogP contribution in [0.5, 0.6) is 0 Å². The fourth-order valence-corrected chi connectivity index (χ4v) is 5.99. The lowest BCUT2D eigenvalue weighted by molar-refractivity contribution is -0.139. The van der Waals surface area contributed by atoms with E-state index in [1.807, 2.05) is 55.5 Å². The van der Waals surface area contributed by atoms with Crippen LogP contribution in [-0.4, -0.2) is 30.5 Å². The van der Waals surface area contributed by atoms with Crippen LogP contribution < -0.4 is 4.72 Å². The van der Waals surface area contributed by atoms with E-state index in [0.717, 1.165) is 38.9 Å². The first-order chi connectivity index (χ1) is 15.7. The number of nitrogens with one attached hydrogen (secondary N) is 2. The Morgan fingerprint density at radius 2 is 1.79 bits per heavy atom. The molecule has 2 atom stereocenters. The minimum absolute atomic E-state index is 0.0214. The van der Waals surface area contributed by atoms with Gasteiger partial charge in [0.1, 0.15) is 10.3 Å². The van der Waals surface area contributed by atoms with E-state index in [9.17, 15) is 18.3 Å². The Morgan fingerprint density at radius 3 is 2.52 bits per heavy atom. The van der Waals surface area contributed by atoms with Crippen LogP contribution in [0.1, 0.15) is 34.4 Å². The zero-order valence-electron chi connectivity index (χ0n) is 18.0. The third-order valence-electron chi connectivity index (χ3n) is 5.39.